The Kier molecular flexibility index (Phi) is 3.73. The molecule has 2 bridgehead atoms. The molecule has 4 heterocycles. The number of carbonyl (C=O) groups is 1. The second kappa shape index (κ2) is 5.73. The maximum atomic E-state index is 12.8. The SMILES string of the molecule is O=C1[C@H]2CC[C@H](CN(c3ncccc3Cl)C2)N1CC1CCC1. The van der Waals surface area contributed by atoms with Crippen LogP contribution < -0.4 is 4.90 Å². The van der Waals surface area contributed by atoms with Crippen molar-refractivity contribution in [1.82, 2.24) is 9.88 Å². The van der Waals surface area contributed by atoms with Crippen molar-refractivity contribution in [3.63, 3.8) is 0 Å². The van der Waals surface area contributed by atoms with Crippen molar-refractivity contribution in [2.75, 3.05) is 24.5 Å². The van der Waals surface area contributed by atoms with E-state index in [4.69, 9.17) is 11.6 Å². The molecular weight excluding hydrogens is 298 g/mol. The molecule has 1 aromatic heterocycles. The number of anilines is 1. The molecule has 3 aliphatic heterocycles. The predicted octanol–water partition coefficient (Wildman–Crippen LogP) is 2.96. The molecule has 0 unspecified atom stereocenters. The van der Waals surface area contributed by atoms with Gasteiger partial charge in [0.25, 0.3) is 0 Å². The third-order valence-electron chi connectivity index (χ3n) is 5.51. The maximum absolute atomic E-state index is 12.8. The lowest BCUT2D eigenvalue weighted by molar-refractivity contribution is -0.141. The van der Waals surface area contributed by atoms with Gasteiger partial charge in [0.2, 0.25) is 5.91 Å². The van der Waals surface area contributed by atoms with Crippen molar-refractivity contribution in [2.45, 2.75) is 38.1 Å². The fraction of sp³-hybridized carbons (Fsp3) is 0.647. The van der Waals surface area contributed by atoms with E-state index in [1.165, 1.54) is 19.3 Å². The van der Waals surface area contributed by atoms with Crippen LogP contribution in [0.15, 0.2) is 18.3 Å². The topological polar surface area (TPSA) is 36.4 Å². The van der Waals surface area contributed by atoms with E-state index in [-0.39, 0.29) is 5.92 Å². The van der Waals surface area contributed by atoms with Gasteiger partial charge in [-0.3, -0.25) is 4.79 Å². The Labute approximate surface area is 136 Å². The average molecular weight is 320 g/mol. The molecule has 2 atom stereocenters. The van der Waals surface area contributed by atoms with E-state index < -0.39 is 0 Å². The van der Waals surface area contributed by atoms with Crippen LogP contribution in [0.1, 0.15) is 32.1 Å². The Morgan fingerprint density at radius 1 is 1.23 bits per heavy atom. The molecule has 118 valence electrons. The summed E-state index contributed by atoms with van der Waals surface area (Å²) < 4.78 is 0. The number of pyridine rings is 1. The number of hydrogen-bond acceptors (Lipinski definition) is 3. The van der Waals surface area contributed by atoms with Crippen molar-refractivity contribution in [3.8, 4) is 0 Å². The van der Waals surface area contributed by atoms with Crippen LogP contribution in [0, 0.1) is 11.8 Å². The van der Waals surface area contributed by atoms with E-state index in [2.05, 4.69) is 14.8 Å². The summed E-state index contributed by atoms with van der Waals surface area (Å²) in [5.41, 5.74) is 0. The summed E-state index contributed by atoms with van der Waals surface area (Å²) in [7, 11) is 0. The van der Waals surface area contributed by atoms with E-state index in [9.17, 15) is 4.79 Å². The first-order valence-electron chi connectivity index (χ1n) is 8.38. The number of amides is 1. The zero-order chi connectivity index (χ0) is 15.1. The second-order valence-corrected chi connectivity index (χ2v) is 7.34. The number of piperidine rings is 1. The lowest BCUT2D eigenvalue weighted by Gasteiger charge is -2.40. The highest BCUT2D eigenvalue weighted by atomic mass is 35.5. The molecule has 0 aromatic carbocycles. The average Bonchev–Trinajstić information content (AvgIpc) is 2.75. The molecule has 1 amide bonds. The smallest absolute Gasteiger partial charge is 0.227 e. The molecule has 0 spiro atoms. The molecule has 3 saturated heterocycles. The summed E-state index contributed by atoms with van der Waals surface area (Å²) in [5.74, 6) is 2.03. The molecular formula is C17H22ClN3O. The normalized spacial score (nSPS) is 28.7. The molecule has 0 N–H and O–H groups in total. The van der Waals surface area contributed by atoms with Crippen LogP contribution in [0.2, 0.25) is 5.02 Å². The summed E-state index contributed by atoms with van der Waals surface area (Å²) in [6.07, 6.45) is 7.81. The van der Waals surface area contributed by atoms with Crippen LogP contribution in [0.5, 0.6) is 0 Å². The van der Waals surface area contributed by atoms with Gasteiger partial charge >= 0.3 is 0 Å². The fourth-order valence-electron chi connectivity index (χ4n) is 4.02. The molecule has 1 aliphatic carbocycles. The minimum Gasteiger partial charge on any atom is -0.353 e. The first kappa shape index (κ1) is 14.3. The van der Waals surface area contributed by atoms with Crippen LogP contribution in [-0.4, -0.2) is 41.5 Å². The predicted molar refractivity (Wildman–Crippen MR) is 87.0 cm³/mol. The molecule has 1 saturated carbocycles. The molecule has 5 heteroatoms. The van der Waals surface area contributed by atoms with Gasteiger partial charge < -0.3 is 9.80 Å². The first-order valence-corrected chi connectivity index (χ1v) is 8.76. The molecule has 5 rings (SSSR count). The minimum absolute atomic E-state index is 0.108. The highest BCUT2D eigenvalue weighted by molar-refractivity contribution is 6.32. The van der Waals surface area contributed by atoms with E-state index >= 15 is 0 Å². The van der Waals surface area contributed by atoms with Gasteiger partial charge in [-0.2, -0.15) is 0 Å². The van der Waals surface area contributed by atoms with Crippen LogP contribution in [0.3, 0.4) is 0 Å². The quantitative estimate of drug-likeness (QED) is 0.859. The number of aromatic nitrogens is 1. The van der Waals surface area contributed by atoms with Crippen molar-refractivity contribution in [1.29, 1.82) is 0 Å². The molecule has 1 aromatic rings. The van der Waals surface area contributed by atoms with E-state index in [0.29, 0.717) is 17.0 Å². The maximum Gasteiger partial charge on any atom is 0.227 e. The van der Waals surface area contributed by atoms with Crippen LogP contribution in [0.25, 0.3) is 0 Å². The Hall–Kier alpha value is -1.29. The van der Waals surface area contributed by atoms with Crippen molar-refractivity contribution in [3.05, 3.63) is 23.4 Å². The van der Waals surface area contributed by atoms with Gasteiger partial charge in [-0.15, -0.1) is 0 Å². The number of rotatable bonds is 3. The Bertz CT molecular complexity index is 575. The second-order valence-electron chi connectivity index (χ2n) is 6.93. The van der Waals surface area contributed by atoms with Gasteiger partial charge in [-0.05, 0) is 43.7 Å². The van der Waals surface area contributed by atoms with Crippen molar-refractivity contribution < 1.29 is 4.79 Å². The zero-order valence-electron chi connectivity index (χ0n) is 12.7. The van der Waals surface area contributed by atoms with E-state index in [0.717, 1.165) is 44.2 Å². The fourth-order valence-corrected chi connectivity index (χ4v) is 4.26. The third kappa shape index (κ3) is 2.47. The van der Waals surface area contributed by atoms with Crippen molar-refractivity contribution in [2.24, 2.45) is 11.8 Å². The van der Waals surface area contributed by atoms with Crippen LogP contribution in [0.4, 0.5) is 5.82 Å². The summed E-state index contributed by atoms with van der Waals surface area (Å²) in [6.45, 7) is 2.59. The lowest BCUT2D eigenvalue weighted by Crippen LogP contribution is -2.50. The minimum atomic E-state index is 0.108. The van der Waals surface area contributed by atoms with Gasteiger partial charge in [0.05, 0.1) is 10.9 Å². The molecule has 22 heavy (non-hydrogen) atoms. The van der Waals surface area contributed by atoms with Crippen LogP contribution in [-0.2, 0) is 4.79 Å². The standard InChI is InChI=1S/C17H22ClN3O/c18-15-5-2-8-19-16(15)20-10-13-6-7-14(11-20)21(17(13)22)9-12-3-1-4-12/h2,5,8,12-14H,1,3-4,6-7,9-11H2/t13-,14+/m0/s1. The Morgan fingerprint density at radius 3 is 2.82 bits per heavy atom. The summed E-state index contributed by atoms with van der Waals surface area (Å²) in [4.78, 5) is 21.6. The molecule has 4 aliphatic rings. The first-order chi connectivity index (χ1) is 10.7. The zero-order valence-corrected chi connectivity index (χ0v) is 13.5. The van der Waals surface area contributed by atoms with Gasteiger partial charge in [0.15, 0.2) is 0 Å². The van der Waals surface area contributed by atoms with Gasteiger partial charge in [0.1, 0.15) is 5.82 Å². The Balaban J connectivity index is 1.57. The summed E-state index contributed by atoms with van der Waals surface area (Å²) >= 11 is 6.31. The van der Waals surface area contributed by atoms with E-state index in [1.54, 1.807) is 6.20 Å². The van der Waals surface area contributed by atoms with Gasteiger partial charge in [-0.25, -0.2) is 4.98 Å². The molecule has 4 nitrogen and oxygen atoms in total. The molecule has 4 fully saturated rings. The van der Waals surface area contributed by atoms with Gasteiger partial charge in [-0.1, -0.05) is 18.0 Å². The monoisotopic (exact) mass is 319 g/mol. The number of halogens is 1. The highest BCUT2D eigenvalue weighted by Gasteiger charge is 2.42. The molecule has 0 radical (unpaired) electrons. The lowest BCUT2D eigenvalue weighted by atomic mass is 9.83. The van der Waals surface area contributed by atoms with Crippen molar-refractivity contribution >= 4 is 23.3 Å². The number of hydrogen-bond donors (Lipinski definition) is 0. The highest BCUT2D eigenvalue weighted by Crippen LogP contribution is 2.36. The van der Waals surface area contributed by atoms with E-state index in [1.807, 2.05) is 12.1 Å². The largest absolute Gasteiger partial charge is 0.353 e. The summed E-state index contributed by atoms with van der Waals surface area (Å²) in [6, 6.07) is 4.06. The number of fused-ring (bicyclic) bond motifs is 4. The Morgan fingerprint density at radius 2 is 2.09 bits per heavy atom. The van der Waals surface area contributed by atoms with Crippen LogP contribution >= 0.6 is 11.6 Å². The number of nitrogens with zero attached hydrogens (tertiary/aromatic N) is 3. The summed E-state index contributed by atoms with van der Waals surface area (Å²) in [5, 5.41) is 0.682. The van der Waals surface area contributed by atoms with Gasteiger partial charge in [0, 0.05) is 31.9 Å². The third-order valence-corrected chi connectivity index (χ3v) is 5.81. The number of carbonyl (C=O) groups excluding carboxylic acids is 1.